The highest BCUT2D eigenvalue weighted by atomic mass is 16.4. The minimum absolute atomic E-state index is 0.162. The Bertz CT molecular complexity index is 589. The molecule has 1 atom stereocenters. The number of hydrogen-bond acceptors (Lipinski definition) is 4. The molecule has 94 valence electrons. The zero-order valence-electron chi connectivity index (χ0n) is 10.0. The largest absolute Gasteiger partial charge is 0.478 e. The van der Waals surface area contributed by atoms with Gasteiger partial charge in [0.15, 0.2) is 5.58 Å². The summed E-state index contributed by atoms with van der Waals surface area (Å²) in [6.07, 6.45) is 2.60. The molecule has 0 aliphatic heterocycles. The van der Waals surface area contributed by atoms with Crippen molar-refractivity contribution in [1.82, 2.24) is 4.98 Å². The van der Waals surface area contributed by atoms with Crippen LogP contribution in [0, 0.1) is 0 Å². The number of hydrogen-bond donors (Lipinski definition) is 2. The minimum Gasteiger partial charge on any atom is -0.478 e. The standard InChI is InChI=1S/C13H14N2O3/c1-3-4-8(2)14-13-15-10-6-5-9(12(16)17)7-11(10)18-13/h3,5-8H,1,4H2,2H3,(H,14,15)(H,16,17). The summed E-state index contributed by atoms with van der Waals surface area (Å²) in [6, 6.07) is 5.15. The van der Waals surface area contributed by atoms with E-state index < -0.39 is 5.97 Å². The van der Waals surface area contributed by atoms with Crippen molar-refractivity contribution < 1.29 is 14.3 Å². The van der Waals surface area contributed by atoms with Gasteiger partial charge in [-0.05, 0) is 31.5 Å². The van der Waals surface area contributed by atoms with Crippen LogP contribution in [-0.4, -0.2) is 22.1 Å². The number of nitrogens with one attached hydrogen (secondary N) is 1. The van der Waals surface area contributed by atoms with Gasteiger partial charge in [-0.25, -0.2) is 4.79 Å². The maximum atomic E-state index is 10.8. The second-order valence-corrected chi connectivity index (χ2v) is 4.08. The smallest absolute Gasteiger partial charge is 0.335 e. The van der Waals surface area contributed by atoms with Gasteiger partial charge in [0.05, 0.1) is 5.56 Å². The Balaban J connectivity index is 2.27. The van der Waals surface area contributed by atoms with Crippen LogP contribution in [0.25, 0.3) is 11.1 Å². The Labute approximate surface area is 104 Å². The van der Waals surface area contributed by atoms with Crippen molar-refractivity contribution in [2.75, 3.05) is 5.32 Å². The van der Waals surface area contributed by atoms with Crippen molar-refractivity contribution in [2.24, 2.45) is 0 Å². The number of rotatable bonds is 5. The molecular formula is C13H14N2O3. The van der Waals surface area contributed by atoms with Crippen molar-refractivity contribution in [3.8, 4) is 0 Å². The number of carboxylic acids is 1. The molecular weight excluding hydrogens is 232 g/mol. The zero-order chi connectivity index (χ0) is 13.1. The predicted octanol–water partition coefficient (Wildman–Crippen LogP) is 2.90. The summed E-state index contributed by atoms with van der Waals surface area (Å²) in [6.45, 7) is 5.65. The fourth-order valence-electron chi connectivity index (χ4n) is 1.64. The minimum atomic E-state index is -0.983. The fourth-order valence-corrected chi connectivity index (χ4v) is 1.64. The third-order valence-electron chi connectivity index (χ3n) is 2.53. The van der Waals surface area contributed by atoms with E-state index in [1.165, 1.54) is 12.1 Å². The van der Waals surface area contributed by atoms with Crippen LogP contribution >= 0.6 is 0 Å². The van der Waals surface area contributed by atoms with E-state index in [9.17, 15) is 4.79 Å². The van der Waals surface area contributed by atoms with Crippen LogP contribution in [0.1, 0.15) is 23.7 Å². The molecule has 1 heterocycles. The van der Waals surface area contributed by atoms with E-state index in [1.54, 1.807) is 6.07 Å². The lowest BCUT2D eigenvalue weighted by Gasteiger charge is -2.07. The molecule has 18 heavy (non-hydrogen) atoms. The maximum absolute atomic E-state index is 10.8. The van der Waals surface area contributed by atoms with E-state index >= 15 is 0 Å². The Kier molecular flexibility index (Phi) is 3.32. The molecule has 1 unspecified atom stereocenters. The van der Waals surface area contributed by atoms with Crippen LogP contribution < -0.4 is 5.32 Å². The first-order valence-corrected chi connectivity index (χ1v) is 5.61. The molecule has 0 radical (unpaired) electrons. The number of benzene rings is 1. The Morgan fingerprint density at radius 1 is 1.67 bits per heavy atom. The molecule has 0 aliphatic carbocycles. The van der Waals surface area contributed by atoms with Crippen molar-refractivity contribution >= 4 is 23.1 Å². The normalized spacial score (nSPS) is 12.3. The van der Waals surface area contributed by atoms with E-state index in [4.69, 9.17) is 9.52 Å². The van der Waals surface area contributed by atoms with Crippen LogP contribution in [0.2, 0.25) is 0 Å². The summed E-state index contributed by atoms with van der Waals surface area (Å²) < 4.78 is 5.46. The van der Waals surface area contributed by atoms with Gasteiger partial charge in [-0.1, -0.05) is 6.08 Å². The monoisotopic (exact) mass is 246 g/mol. The summed E-state index contributed by atoms with van der Waals surface area (Å²) in [5, 5.41) is 12.0. The van der Waals surface area contributed by atoms with Crippen LogP contribution in [0.3, 0.4) is 0 Å². The van der Waals surface area contributed by atoms with Gasteiger partial charge in [-0.2, -0.15) is 4.98 Å². The highest BCUT2D eigenvalue weighted by molar-refractivity contribution is 5.92. The molecule has 0 fully saturated rings. The van der Waals surface area contributed by atoms with Gasteiger partial charge in [0, 0.05) is 6.04 Å². The van der Waals surface area contributed by atoms with Gasteiger partial charge >= 0.3 is 5.97 Å². The molecule has 0 bridgehead atoms. The average Bonchev–Trinajstić information content (AvgIpc) is 2.69. The Morgan fingerprint density at radius 3 is 3.11 bits per heavy atom. The lowest BCUT2D eigenvalue weighted by molar-refractivity contribution is 0.0697. The Morgan fingerprint density at radius 2 is 2.44 bits per heavy atom. The number of carbonyl (C=O) groups is 1. The second-order valence-electron chi connectivity index (χ2n) is 4.08. The van der Waals surface area contributed by atoms with E-state index in [0.717, 1.165) is 6.42 Å². The van der Waals surface area contributed by atoms with E-state index in [2.05, 4.69) is 16.9 Å². The van der Waals surface area contributed by atoms with Crippen LogP contribution in [-0.2, 0) is 0 Å². The van der Waals surface area contributed by atoms with Gasteiger partial charge in [-0.15, -0.1) is 6.58 Å². The first-order chi connectivity index (χ1) is 8.60. The first kappa shape index (κ1) is 12.2. The van der Waals surface area contributed by atoms with Crippen LogP contribution in [0.4, 0.5) is 6.01 Å². The topological polar surface area (TPSA) is 75.4 Å². The quantitative estimate of drug-likeness (QED) is 0.793. The number of carboxylic acid groups (broad SMARTS) is 1. The lowest BCUT2D eigenvalue weighted by atomic mass is 10.2. The van der Waals surface area contributed by atoms with Crippen molar-refractivity contribution in [1.29, 1.82) is 0 Å². The molecule has 2 aromatic rings. The summed E-state index contributed by atoms with van der Waals surface area (Å²) >= 11 is 0. The number of aromatic nitrogens is 1. The second kappa shape index (κ2) is 4.91. The van der Waals surface area contributed by atoms with E-state index in [1.807, 2.05) is 13.0 Å². The number of aromatic carboxylic acids is 1. The summed E-state index contributed by atoms with van der Waals surface area (Å²) in [5.41, 5.74) is 1.28. The van der Waals surface area contributed by atoms with Crippen molar-refractivity contribution in [2.45, 2.75) is 19.4 Å². The molecule has 1 aromatic carbocycles. The van der Waals surface area contributed by atoms with Gasteiger partial charge in [0.25, 0.3) is 6.01 Å². The van der Waals surface area contributed by atoms with Crippen molar-refractivity contribution in [3.63, 3.8) is 0 Å². The highest BCUT2D eigenvalue weighted by Gasteiger charge is 2.10. The average molecular weight is 246 g/mol. The first-order valence-electron chi connectivity index (χ1n) is 5.61. The zero-order valence-corrected chi connectivity index (χ0v) is 10.0. The third kappa shape index (κ3) is 2.51. The molecule has 0 aliphatic rings. The summed E-state index contributed by atoms with van der Waals surface area (Å²) in [4.78, 5) is 15.1. The molecule has 0 spiro atoms. The van der Waals surface area contributed by atoms with Gasteiger partial charge in [0.2, 0.25) is 0 Å². The van der Waals surface area contributed by atoms with Crippen molar-refractivity contribution in [3.05, 3.63) is 36.4 Å². The molecule has 5 heteroatoms. The molecule has 1 aromatic heterocycles. The van der Waals surface area contributed by atoms with Crippen LogP contribution in [0.5, 0.6) is 0 Å². The molecule has 2 rings (SSSR count). The third-order valence-corrected chi connectivity index (χ3v) is 2.53. The number of fused-ring (bicyclic) bond motifs is 1. The summed E-state index contributed by atoms with van der Waals surface area (Å²) in [7, 11) is 0. The van der Waals surface area contributed by atoms with Gasteiger partial charge in [-0.3, -0.25) is 0 Å². The maximum Gasteiger partial charge on any atom is 0.335 e. The fraction of sp³-hybridized carbons (Fsp3) is 0.231. The van der Waals surface area contributed by atoms with Crippen LogP contribution in [0.15, 0.2) is 35.3 Å². The molecule has 2 N–H and O–H groups in total. The molecule has 0 saturated carbocycles. The van der Waals surface area contributed by atoms with Gasteiger partial charge < -0.3 is 14.8 Å². The lowest BCUT2D eigenvalue weighted by Crippen LogP contribution is -2.13. The van der Waals surface area contributed by atoms with E-state index in [-0.39, 0.29) is 11.6 Å². The number of oxazole rings is 1. The molecule has 5 nitrogen and oxygen atoms in total. The number of anilines is 1. The Hall–Kier alpha value is -2.30. The molecule has 0 amide bonds. The molecule has 0 saturated heterocycles. The predicted molar refractivity (Wildman–Crippen MR) is 68.9 cm³/mol. The van der Waals surface area contributed by atoms with E-state index in [0.29, 0.717) is 17.1 Å². The SMILES string of the molecule is C=CCC(C)Nc1nc2ccc(C(=O)O)cc2o1. The summed E-state index contributed by atoms with van der Waals surface area (Å²) in [5.74, 6) is -0.983. The highest BCUT2D eigenvalue weighted by Crippen LogP contribution is 2.21. The van der Waals surface area contributed by atoms with Gasteiger partial charge in [0.1, 0.15) is 5.52 Å². The number of nitrogens with zero attached hydrogens (tertiary/aromatic N) is 1.